The number of ether oxygens (including phenoxy) is 1. The fraction of sp³-hybridized carbons (Fsp3) is 0.211. The quantitative estimate of drug-likeness (QED) is 0.628. The second-order valence-corrected chi connectivity index (χ2v) is 5.06. The molecule has 0 heterocycles. The van der Waals surface area contributed by atoms with Crippen molar-refractivity contribution in [2.24, 2.45) is 0 Å². The fourth-order valence-electron chi connectivity index (χ4n) is 2.26. The highest BCUT2D eigenvalue weighted by Crippen LogP contribution is 2.22. The second kappa shape index (κ2) is 8.15. The van der Waals surface area contributed by atoms with E-state index in [-0.39, 0.29) is 18.6 Å². The van der Waals surface area contributed by atoms with E-state index in [0.29, 0.717) is 0 Å². The van der Waals surface area contributed by atoms with Crippen LogP contribution in [-0.4, -0.2) is 18.6 Å². The van der Waals surface area contributed by atoms with Crippen LogP contribution >= 0.6 is 0 Å². The molecule has 3 nitrogen and oxygen atoms in total. The molecule has 0 aliphatic heterocycles. The number of benzene rings is 2. The topological polar surface area (TPSA) is 38.3 Å². The predicted octanol–water partition coefficient (Wildman–Crippen LogP) is 3.48. The molecule has 2 aromatic rings. The zero-order valence-electron chi connectivity index (χ0n) is 12.7. The van der Waals surface area contributed by atoms with Crippen molar-refractivity contribution in [2.75, 3.05) is 6.61 Å². The van der Waals surface area contributed by atoms with Gasteiger partial charge in [-0.1, -0.05) is 73.3 Å². The predicted molar refractivity (Wildman–Crippen MR) is 88.5 cm³/mol. The van der Waals surface area contributed by atoms with Gasteiger partial charge in [-0.3, -0.25) is 10.1 Å². The Morgan fingerprint density at radius 1 is 1.09 bits per heavy atom. The molecule has 0 saturated carbocycles. The number of hydrogen-bond acceptors (Lipinski definition) is 3. The fourth-order valence-corrected chi connectivity index (χ4v) is 2.26. The molecule has 1 atom stereocenters. The van der Waals surface area contributed by atoms with Gasteiger partial charge in [0.2, 0.25) is 0 Å². The molecule has 0 amide bonds. The van der Waals surface area contributed by atoms with Crippen LogP contribution in [-0.2, 0) is 9.53 Å². The third-order valence-electron chi connectivity index (χ3n) is 3.38. The molecular formula is C19H21NO2. The van der Waals surface area contributed by atoms with E-state index in [1.807, 2.05) is 67.6 Å². The number of carbonyl (C=O) groups excluding carboxylic acids is 1. The number of hydrogen-bond donors (Lipinski definition) is 1. The van der Waals surface area contributed by atoms with Gasteiger partial charge in [0.1, 0.15) is 12.6 Å². The summed E-state index contributed by atoms with van der Waals surface area (Å²) in [5, 5.41) is 3.35. The van der Waals surface area contributed by atoms with Crippen molar-refractivity contribution in [1.82, 2.24) is 5.32 Å². The lowest BCUT2D eigenvalue weighted by atomic mass is 9.98. The molecule has 2 rings (SSSR count). The normalized spacial score (nSPS) is 11.9. The molecule has 0 unspecified atom stereocenters. The first-order chi connectivity index (χ1) is 10.7. The van der Waals surface area contributed by atoms with Crippen LogP contribution in [0.25, 0.3) is 0 Å². The van der Waals surface area contributed by atoms with E-state index in [1.54, 1.807) is 6.08 Å². The van der Waals surface area contributed by atoms with Crippen molar-refractivity contribution < 1.29 is 9.53 Å². The van der Waals surface area contributed by atoms with E-state index in [1.165, 1.54) is 0 Å². The maximum Gasteiger partial charge on any atom is 0.323 e. The molecule has 0 aliphatic rings. The maximum atomic E-state index is 12.0. The first-order valence-electron chi connectivity index (χ1n) is 7.36. The van der Waals surface area contributed by atoms with Gasteiger partial charge in [0.15, 0.2) is 0 Å². The molecule has 0 aliphatic carbocycles. The third-order valence-corrected chi connectivity index (χ3v) is 3.38. The van der Waals surface area contributed by atoms with Crippen LogP contribution in [0.15, 0.2) is 73.3 Å². The summed E-state index contributed by atoms with van der Waals surface area (Å²) in [5.41, 5.74) is 2.22. The zero-order chi connectivity index (χ0) is 15.8. The Labute approximate surface area is 131 Å². The minimum atomic E-state index is -0.412. The van der Waals surface area contributed by atoms with Crippen LogP contribution in [0.5, 0.6) is 0 Å². The van der Waals surface area contributed by atoms with Crippen molar-refractivity contribution in [3.63, 3.8) is 0 Å². The lowest BCUT2D eigenvalue weighted by Gasteiger charge is -2.23. The van der Waals surface area contributed by atoms with Crippen LogP contribution in [0, 0.1) is 0 Å². The van der Waals surface area contributed by atoms with Gasteiger partial charge in [0.05, 0.1) is 6.04 Å². The Balaban J connectivity index is 2.19. The number of rotatable bonds is 7. The lowest BCUT2D eigenvalue weighted by Crippen LogP contribution is -2.38. The molecule has 3 heteroatoms. The SMILES string of the molecule is C=CCOC(=O)[C@H](C)NC(c1ccccc1)c1ccccc1. The van der Waals surface area contributed by atoms with Crippen LogP contribution in [0.2, 0.25) is 0 Å². The van der Waals surface area contributed by atoms with Gasteiger partial charge in [0, 0.05) is 0 Å². The summed E-state index contributed by atoms with van der Waals surface area (Å²) in [6.45, 7) is 5.59. The van der Waals surface area contributed by atoms with Crippen molar-refractivity contribution in [3.8, 4) is 0 Å². The summed E-state index contributed by atoms with van der Waals surface area (Å²) in [6, 6.07) is 19.7. The number of carbonyl (C=O) groups is 1. The Kier molecular flexibility index (Phi) is 5.92. The van der Waals surface area contributed by atoms with Crippen LogP contribution < -0.4 is 5.32 Å². The first-order valence-corrected chi connectivity index (χ1v) is 7.36. The monoisotopic (exact) mass is 295 g/mol. The molecule has 0 fully saturated rings. The standard InChI is InChI=1S/C19H21NO2/c1-3-14-22-19(21)15(2)20-18(16-10-6-4-7-11-16)17-12-8-5-9-13-17/h3-13,15,18,20H,1,14H2,2H3/t15-/m0/s1. The van der Waals surface area contributed by atoms with Crippen molar-refractivity contribution >= 4 is 5.97 Å². The minimum Gasteiger partial charge on any atom is -0.460 e. The van der Waals surface area contributed by atoms with E-state index < -0.39 is 6.04 Å². The van der Waals surface area contributed by atoms with Crippen LogP contribution in [0.1, 0.15) is 24.1 Å². The summed E-state index contributed by atoms with van der Waals surface area (Å²) >= 11 is 0. The highest BCUT2D eigenvalue weighted by molar-refractivity contribution is 5.75. The maximum absolute atomic E-state index is 12.0. The number of nitrogens with one attached hydrogen (secondary N) is 1. The molecule has 1 N–H and O–H groups in total. The third kappa shape index (κ3) is 4.30. The highest BCUT2D eigenvalue weighted by Gasteiger charge is 2.21. The second-order valence-electron chi connectivity index (χ2n) is 5.06. The Bertz CT molecular complexity index is 556. The Morgan fingerprint density at radius 2 is 1.59 bits per heavy atom. The summed E-state index contributed by atoms with van der Waals surface area (Å²) in [6.07, 6.45) is 1.57. The van der Waals surface area contributed by atoms with Gasteiger partial charge in [-0.25, -0.2) is 0 Å². The zero-order valence-corrected chi connectivity index (χ0v) is 12.7. The van der Waals surface area contributed by atoms with Crippen LogP contribution in [0.4, 0.5) is 0 Å². The molecule has 0 bridgehead atoms. The minimum absolute atomic E-state index is 0.0614. The largest absolute Gasteiger partial charge is 0.460 e. The average Bonchev–Trinajstić information content (AvgIpc) is 2.58. The van der Waals surface area contributed by atoms with Gasteiger partial charge in [-0.05, 0) is 18.1 Å². The average molecular weight is 295 g/mol. The van der Waals surface area contributed by atoms with E-state index >= 15 is 0 Å². The van der Waals surface area contributed by atoms with Gasteiger partial charge in [-0.2, -0.15) is 0 Å². The first kappa shape index (κ1) is 16.0. The van der Waals surface area contributed by atoms with Gasteiger partial charge >= 0.3 is 5.97 Å². The van der Waals surface area contributed by atoms with Crippen molar-refractivity contribution in [2.45, 2.75) is 19.0 Å². The molecular weight excluding hydrogens is 274 g/mol. The summed E-state index contributed by atoms with van der Waals surface area (Å²) < 4.78 is 5.11. The smallest absolute Gasteiger partial charge is 0.323 e. The van der Waals surface area contributed by atoms with E-state index in [9.17, 15) is 4.79 Å². The van der Waals surface area contributed by atoms with Gasteiger partial charge in [-0.15, -0.1) is 0 Å². The van der Waals surface area contributed by atoms with Gasteiger partial charge < -0.3 is 4.74 Å². The van der Waals surface area contributed by atoms with E-state index in [4.69, 9.17) is 4.74 Å². The highest BCUT2D eigenvalue weighted by atomic mass is 16.5. The summed E-state index contributed by atoms with van der Waals surface area (Å²) in [4.78, 5) is 12.0. The van der Waals surface area contributed by atoms with Crippen molar-refractivity contribution in [1.29, 1.82) is 0 Å². The Morgan fingerprint density at radius 3 is 2.05 bits per heavy atom. The molecule has 0 spiro atoms. The molecule has 0 saturated heterocycles. The van der Waals surface area contributed by atoms with E-state index in [2.05, 4.69) is 11.9 Å². The van der Waals surface area contributed by atoms with Crippen molar-refractivity contribution in [3.05, 3.63) is 84.4 Å². The van der Waals surface area contributed by atoms with E-state index in [0.717, 1.165) is 11.1 Å². The van der Waals surface area contributed by atoms with Gasteiger partial charge in [0.25, 0.3) is 0 Å². The molecule has 22 heavy (non-hydrogen) atoms. The summed E-state index contributed by atoms with van der Waals surface area (Å²) in [7, 11) is 0. The molecule has 114 valence electrons. The molecule has 0 aromatic heterocycles. The Hall–Kier alpha value is -2.39. The molecule has 0 radical (unpaired) electrons. The molecule has 2 aromatic carbocycles. The lowest BCUT2D eigenvalue weighted by molar-refractivity contribution is -0.144. The number of esters is 1. The van der Waals surface area contributed by atoms with Crippen LogP contribution in [0.3, 0.4) is 0 Å². The summed E-state index contributed by atoms with van der Waals surface area (Å²) in [5.74, 6) is -0.281.